The van der Waals surface area contributed by atoms with E-state index in [0.717, 1.165) is 76.9 Å². The first-order valence-electron chi connectivity index (χ1n) is 17.4. The number of aromatic nitrogens is 4. The maximum atomic E-state index is 6.35. The van der Waals surface area contributed by atoms with Gasteiger partial charge in [-0.2, -0.15) is 0 Å². The summed E-state index contributed by atoms with van der Waals surface area (Å²) in [5.74, 6) is 1.85. The molecule has 5 heteroatoms. The number of nitrogens with zero attached hydrogens (tertiary/aromatic N) is 4. The molecule has 5 nitrogen and oxygen atoms in total. The van der Waals surface area contributed by atoms with E-state index in [4.69, 9.17) is 19.4 Å². The molecule has 52 heavy (non-hydrogen) atoms. The molecule has 0 aliphatic rings. The molecule has 0 N–H and O–H groups in total. The summed E-state index contributed by atoms with van der Waals surface area (Å²) in [5.41, 5.74) is 7.80. The summed E-state index contributed by atoms with van der Waals surface area (Å²) in [4.78, 5) is 15.7. The third kappa shape index (κ3) is 4.46. The average Bonchev–Trinajstić information content (AvgIpc) is 3.74. The zero-order chi connectivity index (χ0) is 34.2. The Balaban J connectivity index is 1.17. The van der Waals surface area contributed by atoms with Gasteiger partial charge in [-0.3, -0.25) is 0 Å². The highest BCUT2D eigenvalue weighted by Crippen LogP contribution is 2.39. The summed E-state index contributed by atoms with van der Waals surface area (Å²) in [5, 5.41) is 8.97. The molecule has 0 fully saturated rings. The Hall–Kier alpha value is -7.11. The van der Waals surface area contributed by atoms with Crippen LogP contribution in [0.15, 0.2) is 174 Å². The van der Waals surface area contributed by atoms with Crippen LogP contribution >= 0.6 is 0 Å². The molecule has 0 saturated carbocycles. The highest BCUT2D eigenvalue weighted by atomic mass is 16.3. The van der Waals surface area contributed by atoms with E-state index < -0.39 is 0 Å². The van der Waals surface area contributed by atoms with Gasteiger partial charge in [-0.15, -0.1) is 0 Å². The van der Waals surface area contributed by atoms with Crippen molar-refractivity contribution < 1.29 is 4.42 Å². The molecule has 0 radical (unpaired) electrons. The van der Waals surface area contributed by atoms with Crippen LogP contribution in [0.25, 0.3) is 105 Å². The molecular formula is C47H28N4O. The molecule has 8 aromatic carbocycles. The van der Waals surface area contributed by atoms with Crippen molar-refractivity contribution in [3.8, 4) is 39.9 Å². The number of rotatable bonds is 4. The first-order valence-corrected chi connectivity index (χ1v) is 17.4. The Bertz CT molecular complexity index is 3190. The van der Waals surface area contributed by atoms with E-state index in [-0.39, 0.29) is 0 Å². The monoisotopic (exact) mass is 664 g/mol. The van der Waals surface area contributed by atoms with Crippen LogP contribution in [0.2, 0.25) is 0 Å². The molecule has 0 aliphatic carbocycles. The van der Waals surface area contributed by atoms with Crippen molar-refractivity contribution in [2.45, 2.75) is 0 Å². The Morgan fingerprint density at radius 3 is 1.83 bits per heavy atom. The summed E-state index contributed by atoms with van der Waals surface area (Å²) in [7, 11) is 0. The van der Waals surface area contributed by atoms with Gasteiger partial charge in [0.2, 0.25) is 0 Å². The molecule has 0 aliphatic heterocycles. The molecule has 11 aromatic rings. The lowest BCUT2D eigenvalue weighted by Gasteiger charge is -2.11. The van der Waals surface area contributed by atoms with Gasteiger partial charge in [0, 0.05) is 43.9 Å². The van der Waals surface area contributed by atoms with E-state index in [9.17, 15) is 0 Å². The second kappa shape index (κ2) is 11.2. The van der Waals surface area contributed by atoms with E-state index in [0.29, 0.717) is 17.5 Å². The number of para-hydroxylation sites is 2. The molecule has 0 bridgehead atoms. The van der Waals surface area contributed by atoms with Gasteiger partial charge in [-0.05, 0) is 82.2 Å². The number of furan rings is 1. The Kier molecular flexibility index (Phi) is 6.18. The van der Waals surface area contributed by atoms with Crippen LogP contribution in [0.3, 0.4) is 0 Å². The van der Waals surface area contributed by atoms with Crippen LogP contribution in [0.5, 0.6) is 0 Å². The summed E-state index contributed by atoms with van der Waals surface area (Å²) in [6, 6.07) is 59.2. The summed E-state index contributed by atoms with van der Waals surface area (Å²) >= 11 is 0. The highest BCUT2D eigenvalue weighted by molar-refractivity contribution is 6.15. The van der Waals surface area contributed by atoms with Gasteiger partial charge in [0.05, 0.1) is 11.0 Å². The van der Waals surface area contributed by atoms with Crippen LogP contribution in [-0.2, 0) is 0 Å². The summed E-state index contributed by atoms with van der Waals surface area (Å²) in [6.45, 7) is 0. The number of hydrogen-bond acceptors (Lipinski definition) is 4. The van der Waals surface area contributed by atoms with E-state index >= 15 is 0 Å². The third-order valence-electron chi connectivity index (χ3n) is 10.2. The van der Waals surface area contributed by atoms with E-state index in [1.807, 2.05) is 6.07 Å². The normalized spacial score (nSPS) is 11.8. The zero-order valence-electron chi connectivity index (χ0n) is 27.9. The lowest BCUT2D eigenvalue weighted by atomic mass is 10.0. The molecule has 0 amide bonds. The molecule has 0 saturated heterocycles. The summed E-state index contributed by atoms with van der Waals surface area (Å²) < 4.78 is 8.67. The van der Waals surface area contributed by atoms with Gasteiger partial charge in [0.1, 0.15) is 11.2 Å². The summed E-state index contributed by atoms with van der Waals surface area (Å²) in [6.07, 6.45) is 0. The smallest absolute Gasteiger partial charge is 0.164 e. The highest BCUT2D eigenvalue weighted by Gasteiger charge is 2.20. The number of hydrogen-bond donors (Lipinski definition) is 0. The zero-order valence-corrected chi connectivity index (χ0v) is 27.9. The molecule has 0 spiro atoms. The molecular weight excluding hydrogens is 637 g/mol. The van der Waals surface area contributed by atoms with Crippen LogP contribution in [0.1, 0.15) is 0 Å². The second-order valence-electron chi connectivity index (χ2n) is 13.3. The van der Waals surface area contributed by atoms with Gasteiger partial charge in [-0.1, -0.05) is 109 Å². The van der Waals surface area contributed by atoms with Crippen molar-refractivity contribution in [3.05, 3.63) is 170 Å². The predicted molar refractivity (Wildman–Crippen MR) is 213 cm³/mol. The fraction of sp³-hybridized carbons (Fsp3) is 0. The van der Waals surface area contributed by atoms with Crippen molar-refractivity contribution in [3.63, 3.8) is 0 Å². The van der Waals surface area contributed by atoms with Gasteiger partial charge in [0.25, 0.3) is 0 Å². The van der Waals surface area contributed by atoms with Crippen LogP contribution in [0.4, 0.5) is 0 Å². The minimum atomic E-state index is 0.606. The van der Waals surface area contributed by atoms with Crippen molar-refractivity contribution in [2.24, 2.45) is 0 Å². The van der Waals surface area contributed by atoms with Gasteiger partial charge in [0.15, 0.2) is 17.5 Å². The molecule has 0 unspecified atom stereocenters. The van der Waals surface area contributed by atoms with E-state index in [1.165, 1.54) is 10.8 Å². The first-order chi connectivity index (χ1) is 25.7. The molecule has 242 valence electrons. The molecule has 0 atom stereocenters. The fourth-order valence-electron chi connectivity index (χ4n) is 7.75. The molecule has 11 rings (SSSR count). The van der Waals surface area contributed by atoms with Gasteiger partial charge < -0.3 is 8.98 Å². The standard InChI is InChI=1S/C47H28N4O/c1-2-15-35(16-3-1)51-40-19-9-8-17-36(40)44-37(18-10-20-41(44)51)47-49-45(33-22-21-29-11-4-5-12-30(29)25-33)48-46(50-47)34-23-24-42-38(27-34)39-26-31-13-6-7-14-32(31)28-43(39)52-42/h1-28H. The Morgan fingerprint density at radius 1 is 0.385 bits per heavy atom. The average molecular weight is 665 g/mol. The van der Waals surface area contributed by atoms with Crippen LogP contribution < -0.4 is 0 Å². The third-order valence-corrected chi connectivity index (χ3v) is 10.2. The van der Waals surface area contributed by atoms with Crippen molar-refractivity contribution >= 4 is 65.3 Å². The van der Waals surface area contributed by atoms with Crippen molar-refractivity contribution in [1.82, 2.24) is 19.5 Å². The van der Waals surface area contributed by atoms with Crippen LogP contribution in [0, 0.1) is 0 Å². The number of benzene rings is 8. The Morgan fingerprint density at radius 2 is 1.00 bits per heavy atom. The predicted octanol–water partition coefficient (Wildman–Crippen LogP) is 12.2. The van der Waals surface area contributed by atoms with Crippen molar-refractivity contribution in [2.75, 3.05) is 0 Å². The van der Waals surface area contributed by atoms with E-state index in [1.54, 1.807) is 0 Å². The lowest BCUT2D eigenvalue weighted by molar-refractivity contribution is 0.669. The second-order valence-corrected chi connectivity index (χ2v) is 13.3. The van der Waals surface area contributed by atoms with Gasteiger partial charge >= 0.3 is 0 Å². The minimum absolute atomic E-state index is 0.606. The minimum Gasteiger partial charge on any atom is -0.456 e. The maximum absolute atomic E-state index is 6.35. The lowest BCUT2D eigenvalue weighted by Crippen LogP contribution is -2.00. The molecule has 3 aromatic heterocycles. The fourth-order valence-corrected chi connectivity index (χ4v) is 7.75. The topological polar surface area (TPSA) is 56.7 Å². The van der Waals surface area contributed by atoms with E-state index in [2.05, 4.69) is 168 Å². The first kappa shape index (κ1) is 28.7. The van der Waals surface area contributed by atoms with Crippen LogP contribution in [-0.4, -0.2) is 19.5 Å². The van der Waals surface area contributed by atoms with Crippen molar-refractivity contribution in [1.29, 1.82) is 0 Å². The quantitative estimate of drug-likeness (QED) is 0.188. The van der Waals surface area contributed by atoms with Gasteiger partial charge in [-0.25, -0.2) is 15.0 Å². The number of fused-ring (bicyclic) bond motifs is 8. The largest absolute Gasteiger partial charge is 0.456 e. The maximum Gasteiger partial charge on any atom is 0.164 e. The SMILES string of the molecule is c1ccc(-n2c3ccccc3c3c(-c4nc(-c5ccc6ccccc6c5)nc(-c5ccc6oc7cc8ccccc8cc7c6c5)n4)cccc32)cc1. The Labute approximate surface area is 298 Å². The molecule has 3 heterocycles.